The number of aromatic nitrogens is 3. The van der Waals surface area contributed by atoms with Crippen molar-refractivity contribution in [1.82, 2.24) is 20.1 Å². The maximum atomic E-state index is 13.0. The van der Waals surface area contributed by atoms with Crippen molar-refractivity contribution in [2.45, 2.75) is 6.92 Å². The van der Waals surface area contributed by atoms with Crippen LogP contribution in [-0.2, 0) is 0 Å². The molecule has 0 saturated heterocycles. The summed E-state index contributed by atoms with van der Waals surface area (Å²) in [4.78, 5) is 29.4. The number of nitrogens with one attached hydrogen (secondary N) is 2. The zero-order valence-corrected chi connectivity index (χ0v) is 17.9. The Hall–Kier alpha value is -2.42. The Bertz CT molecular complexity index is 1080. The number of amides is 2. The van der Waals surface area contributed by atoms with Crippen LogP contribution in [0.15, 0.2) is 41.1 Å². The van der Waals surface area contributed by atoms with E-state index in [1.807, 2.05) is 0 Å². The van der Waals surface area contributed by atoms with E-state index in [-0.39, 0.29) is 17.2 Å². The number of hydrogen-bond acceptors (Lipinski definition) is 4. The zero-order valence-electron chi connectivity index (χ0n) is 14.8. The highest BCUT2D eigenvalue weighted by Gasteiger charge is 2.22. The summed E-state index contributed by atoms with van der Waals surface area (Å²) in [5, 5.41) is 10.3. The number of anilines is 1. The predicted molar refractivity (Wildman–Crippen MR) is 112 cm³/mol. The van der Waals surface area contributed by atoms with Crippen LogP contribution in [0.3, 0.4) is 0 Å². The van der Waals surface area contributed by atoms with Gasteiger partial charge in [0.2, 0.25) is 0 Å². The van der Waals surface area contributed by atoms with E-state index in [1.165, 1.54) is 23.9 Å². The topological polar surface area (TPSA) is 88.9 Å². The monoisotopic (exact) mass is 481 g/mol. The van der Waals surface area contributed by atoms with Crippen molar-refractivity contribution in [1.29, 1.82) is 0 Å². The fraction of sp³-hybridized carbons (Fsp3) is 0.111. The molecule has 10 heteroatoms. The minimum Gasteiger partial charge on any atom is -0.355 e. The first kappa shape index (κ1) is 20.3. The number of aryl methyl sites for hydroxylation is 1. The molecule has 1 aromatic carbocycles. The average Bonchev–Trinajstić information content (AvgIpc) is 3.05. The van der Waals surface area contributed by atoms with Crippen molar-refractivity contribution < 1.29 is 9.59 Å². The van der Waals surface area contributed by atoms with Crippen LogP contribution in [-0.4, -0.2) is 33.6 Å². The van der Waals surface area contributed by atoms with Crippen molar-refractivity contribution in [2.24, 2.45) is 0 Å². The highest BCUT2D eigenvalue weighted by atomic mass is 79.9. The van der Waals surface area contributed by atoms with Gasteiger partial charge in [0.05, 0.1) is 16.3 Å². The molecule has 2 heterocycles. The largest absolute Gasteiger partial charge is 0.355 e. The molecule has 0 atom stereocenters. The molecule has 0 saturated carbocycles. The molecule has 0 aliphatic rings. The quantitative estimate of drug-likeness (QED) is 0.581. The van der Waals surface area contributed by atoms with Crippen molar-refractivity contribution >= 4 is 56.6 Å². The van der Waals surface area contributed by atoms with Crippen LogP contribution in [0, 0.1) is 6.92 Å². The second-order valence-corrected chi connectivity index (χ2v) is 7.41. The van der Waals surface area contributed by atoms with Crippen molar-refractivity contribution in [3.8, 4) is 5.82 Å². The van der Waals surface area contributed by atoms with Gasteiger partial charge in [0.1, 0.15) is 10.3 Å². The van der Waals surface area contributed by atoms with Crippen LogP contribution >= 0.6 is 39.1 Å². The average molecular weight is 483 g/mol. The third kappa shape index (κ3) is 4.04. The summed E-state index contributed by atoms with van der Waals surface area (Å²) in [7, 11) is 1.50. The Morgan fingerprint density at radius 2 is 1.93 bits per heavy atom. The summed E-state index contributed by atoms with van der Waals surface area (Å²) in [5.41, 5.74) is 1.43. The lowest BCUT2D eigenvalue weighted by molar-refractivity contribution is 0.0964. The summed E-state index contributed by atoms with van der Waals surface area (Å²) in [6.45, 7) is 1.75. The highest BCUT2D eigenvalue weighted by molar-refractivity contribution is 9.10. The SMILES string of the molecule is CNC(=O)c1cc(Cl)cc(C)c1NC(=O)c1cc(Br)nn1-c1ncccc1Cl. The van der Waals surface area contributed by atoms with E-state index < -0.39 is 5.91 Å². The first-order valence-electron chi connectivity index (χ1n) is 8.02. The van der Waals surface area contributed by atoms with Gasteiger partial charge in [-0.1, -0.05) is 23.2 Å². The molecule has 0 aliphatic carbocycles. The molecule has 0 spiro atoms. The molecular formula is C18H14BrCl2N5O2. The normalized spacial score (nSPS) is 10.6. The minimum atomic E-state index is -0.490. The molecule has 0 aliphatic heterocycles. The van der Waals surface area contributed by atoms with Gasteiger partial charge in [-0.2, -0.15) is 5.10 Å². The Labute approximate surface area is 179 Å². The van der Waals surface area contributed by atoms with E-state index in [9.17, 15) is 9.59 Å². The van der Waals surface area contributed by atoms with Gasteiger partial charge in [-0.3, -0.25) is 9.59 Å². The van der Waals surface area contributed by atoms with E-state index in [2.05, 4.69) is 36.6 Å². The van der Waals surface area contributed by atoms with Gasteiger partial charge < -0.3 is 10.6 Å². The Morgan fingerprint density at radius 1 is 1.18 bits per heavy atom. The molecule has 0 radical (unpaired) electrons. The van der Waals surface area contributed by atoms with Crippen LogP contribution < -0.4 is 10.6 Å². The number of halogens is 3. The molecule has 28 heavy (non-hydrogen) atoms. The number of nitrogens with zero attached hydrogens (tertiary/aromatic N) is 3. The predicted octanol–water partition coefficient (Wildman–Crippen LogP) is 4.26. The summed E-state index contributed by atoms with van der Waals surface area (Å²) in [6.07, 6.45) is 1.55. The van der Waals surface area contributed by atoms with E-state index in [1.54, 1.807) is 31.3 Å². The fourth-order valence-electron chi connectivity index (χ4n) is 2.61. The number of hydrogen-bond donors (Lipinski definition) is 2. The van der Waals surface area contributed by atoms with Gasteiger partial charge in [0.15, 0.2) is 5.82 Å². The lowest BCUT2D eigenvalue weighted by Gasteiger charge is -2.14. The van der Waals surface area contributed by atoms with Gasteiger partial charge in [-0.05, 0) is 52.7 Å². The Morgan fingerprint density at radius 3 is 2.61 bits per heavy atom. The van der Waals surface area contributed by atoms with Crippen LogP contribution in [0.25, 0.3) is 5.82 Å². The summed E-state index contributed by atoms with van der Waals surface area (Å²) < 4.78 is 1.76. The Balaban J connectivity index is 2.05. The Kier molecular flexibility index (Phi) is 6.02. The molecule has 2 amide bonds. The standard InChI is InChI=1S/C18H14BrCl2N5O2/c1-9-6-10(20)7-11(17(27)22-2)15(9)24-18(28)13-8-14(19)25-26(13)16-12(21)4-3-5-23-16/h3-8H,1-2H3,(H,22,27)(H,24,28). The van der Waals surface area contributed by atoms with Crippen LogP contribution in [0.4, 0.5) is 5.69 Å². The van der Waals surface area contributed by atoms with Crippen LogP contribution in [0.2, 0.25) is 10.0 Å². The minimum absolute atomic E-state index is 0.185. The van der Waals surface area contributed by atoms with Gasteiger partial charge in [0, 0.05) is 24.3 Å². The van der Waals surface area contributed by atoms with E-state index >= 15 is 0 Å². The zero-order chi connectivity index (χ0) is 20.4. The van der Waals surface area contributed by atoms with Crippen molar-refractivity contribution in [2.75, 3.05) is 12.4 Å². The molecule has 0 bridgehead atoms. The molecule has 144 valence electrons. The number of pyridine rings is 1. The molecule has 2 aromatic heterocycles. The fourth-order valence-corrected chi connectivity index (χ4v) is 3.46. The third-order valence-electron chi connectivity index (χ3n) is 3.86. The van der Waals surface area contributed by atoms with Crippen LogP contribution in [0.1, 0.15) is 26.4 Å². The molecule has 0 unspecified atom stereocenters. The van der Waals surface area contributed by atoms with E-state index in [0.717, 1.165) is 0 Å². The first-order chi connectivity index (χ1) is 13.3. The first-order valence-corrected chi connectivity index (χ1v) is 9.56. The number of carbonyl (C=O) groups excluding carboxylic acids is 2. The second-order valence-electron chi connectivity index (χ2n) is 5.75. The lowest BCUT2D eigenvalue weighted by Crippen LogP contribution is -2.23. The summed E-state index contributed by atoms with van der Waals surface area (Å²) in [6, 6.07) is 8.01. The van der Waals surface area contributed by atoms with Gasteiger partial charge >= 0.3 is 0 Å². The molecule has 7 nitrogen and oxygen atoms in total. The van der Waals surface area contributed by atoms with Gasteiger partial charge in [0.25, 0.3) is 11.8 Å². The number of rotatable bonds is 4. The van der Waals surface area contributed by atoms with Crippen molar-refractivity contribution in [3.63, 3.8) is 0 Å². The smallest absolute Gasteiger partial charge is 0.274 e. The lowest BCUT2D eigenvalue weighted by atomic mass is 10.1. The maximum absolute atomic E-state index is 13.0. The third-order valence-corrected chi connectivity index (χ3v) is 4.76. The van der Waals surface area contributed by atoms with Gasteiger partial charge in [-0.15, -0.1) is 0 Å². The summed E-state index contributed by atoms with van der Waals surface area (Å²) >= 11 is 15.5. The van der Waals surface area contributed by atoms with E-state index in [0.29, 0.717) is 31.7 Å². The molecule has 0 fully saturated rings. The second kappa shape index (κ2) is 8.30. The van der Waals surface area contributed by atoms with Crippen LogP contribution in [0.5, 0.6) is 0 Å². The van der Waals surface area contributed by atoms with Crippen molar-refractivity contribution in [3.05, 3.63) is 68.0 Å². The molecule has 2 N–H and O–H groups in total. The molecular weight excluding hydrogens is 469 g/mol. The molecule has 3 aromatic rings. The molecule has 3 rings (SSSR count). The van der Waals surface area contributed by atoms with E-state index in [4.69, 9.17) is 23.2 Å². The number of carbonyl (C=O) groups is 2. The van der Waals surface area contributed by atoms with Gasteiger partial charge in [-0.25, -0.2) is 9.67 Å². The number of benzene rings is 1. The maximum Gasteiger partial charge on any atom is 0.274 e. The highest BCUT2D eigenvalue weighted by Crippen LogP contribution is 2.27. The summed E-state index contributed by atoms with van der Waals surface area (Å²) in [5.74, 6) is -0.557.